The molecule has 0 spiro atoms. The third-order valence-corrected chi connectivity index (χ3v) is 2.53. The zero-order valence-electron chi connectivity index (χ0n) is 8.38. The first-order chi connectivity index (χ1) is 6.77. The minimum absolute atomic E-state index is 0.0700. The van der Waals surface area contributed by atoms with E-state index in [0.29, 0.717) is 0 Å². The molecule has 2 rings (SSSR count). The molecular weight excluding hydrogens is 176 g/mol. The molecule has 0 saturated heterocycles. The predicted molar refractivity (Wildman–Crippen MR) is 54.6 cm³/mol. The Labute approximate surface area is 83.9 Å². The van der Waals surface area contributed by atoms with Crippen molar-refractivity contribution in [2.24, 2.45) is 0 Å². The molecule has 1 aromatic carbocycles. The van der Waals surface area contributed by atoms with E-state index in [0.717, 1.165) is 18.6 Å². The van der Waals surface area contributed by atoms with Crippen molar-refractivity contribution in [3.63, 3.8) is 0 Å². The fourth-order valence-electron chi connectivity index (χ4n) is 1.90. The van der Waals surface area contributed by atoms with Gasteiger partial charge in [-0.3, -0.25) is 4.79 Å². The number of rotatable bonds is 3. The van der Waals surface area contributed by atoms with Gasteiger partial charge in [0.25, 0.3) is 0 Å². The van der Waals surface area contributed by atoms with Gasteiger partial charge in [-0.05, 0) is 43.4 Å². The molecule has 0 amide bonds. The Morgan fingerprint density at radius 2 is 2.29 bits per heavy atom. The summed E-state index contributed by atoms with van der Waals surface area (Å²) in [7, 11) is 0. The van der Waals surface area contributed by atoms with Crippen LogP contribution in [0.5, 0.6) is 5.75 Å². The first-order valence-corrected chi connectivity index (χ1v) is 5.00. The van der Waals surface area contributed by atoms with Crippen molar-refractivity contribution in [3.8, 4) is 5.75 Å². The molecule has 1 aromatic rings. The molecule has 1 aliphatic carbocycles. The summed E-state index contributed by atoms with van der Waals surface area (Å²) >= 11 is 0. The second-order valence-corrected chi connectivity index (χ2v) is 3.74. The lowest BCUT2D eigenvalue weighted by Gasteiger charge is -2.08. The standard InChI is InChI=1S/C12H14O2/c1-9(13)8-14-12-7-3-5-10-4-2-6-11(10)12/h3,5,7H,2,4,6,8H2,1H3. The summed E-state index contributed by atoms with van der Waals surface area (Å²) in [5, 5.41) is 0. The van der Waals surface area contributed by atoms with Gasteiger partial charge in [0.05, 0.1) is 0 Å². The van der Waals surface area contributed by atoms with E-state index in [4.69, 9.17) is 4.74 Å². The summed E-state index contributed by atoms with van der Waals surface area (Å²) < 4.78 is 5.46. The van der Waals surface area contributed by atoms with E-state index in [1.54, 1.807) is 6.92 Å². The molecule has 0 saturated carbocycles. The van der Waals surface area contributed by atoms with Crippen LogP contribution in [0, 0.1) is 0 Å². The maximum atomic E-state index is 10.8. The lowest BCUT2D eigenvalue weighted by atomic mass is 10.1. The second kappa shape index (κ2) is 3.82. The maximum Gasteiger partial charge on any atom is 0.167 e. The molecular formula is C12H14O2. The van der Waals surface area contributed by atoms with Crippen LogP contribution in [0.15, 0.2) is 18.2 Å². The number of aryl methyl sites for hydroxylation is 1. The molecule has 0 aromatic heterocycles. The predicted octanol–water partition coefficient (Wildman–Crippen LogP) is 2.14. The number of hydrogen-bond donors (Lipinski definition) is 0. The van der Waals surface area contributed by atoms with Crippen molar-refractivity contribution in [2.75, 3.05) is 6.61 Å². The van der Waals surface area contributed by atoms with E-state index in [-0.39, 0.29) is 12.4 Å². The van der Waals surface area contributed by atoms with Gasteiger partial charge in [0.1, 0.15) is 12.4 Å². The van der Waals surface area contributed by atoms with Crippen molar-refractivity contribution in [2.45, 2.75) is 26.2 Å². The molecule has 0 radical (unpaired) electrons. The van der Waals surface area contributed by atoms with Gasteiger partial charge in [0, 0.05) is 0 Å². The molecule has 0 N–H and O–H groups in total. The maximum absolute atomic E-state index is 10.8. The van der Waals surface area contributed by atoms with E-state index in [1.807, 2.05) is 12.1 Å². The monoisotopic (exact) mass is 190 g/mol. The molecule has 0 fully saturated rings. The van der Waals surface area contributed by atoms with Crippen molar-refractivity contribution in [3.05, 3.63) is 29.3 Å². The molecule has 0 aliphatic heterocycles. The molecule has 14 heavy (non-hydrogen) atoms. The lowest BCUT2D eigenvalue weighted by Crippen LogP contribution is -2.07. The molecule has 0 atom stereocenters. The Bertz CT molecular complexity index is 355. The van der Waals surface area contributed by atoms with E-state index >= 15 is 0 Å². The van der Waals surface area contributed by atoms with E-state index in [2.05, 4.69) is 6.07 Å². The Hall–Kier alpha value is -1.31. The number of benzene rings is 1. The van der Waals surface area contributed by atoms with Crippen LogP contribution in [0.4, 0.5) is 0 Å². The second-order valence-electron chi connectivity index (χ2n) is 3.74. The minimum Gasteiger partial charge on any atom is -0.486 e. The van der Waals surface area contributed by atoms with Crippen LogP contribution < -0.4 is 4.74 Å². The van der Waals surface area contributed by atoms with Gasteiger partial charge >= 0.3 is 0 Å². The number of carbonyl (C=O) groups is 1. The van der Waals surface area contributed by atoms with Crippen molar-refractivity contribution < 1.29 is 9.53 Å². The molecule has 0 bridgehead atoms. The zero-order chi connectivity index (χ0) is 9.97. The summed E-state index contributed by atoms with van der Waals surface area (Å²) in [5.74, 6) is 0.968. The fraction of sp³-hybridized carbons (Fsp3) is 0.417. The largest absolute Gasteiger partial charge is 0.486 e. The Morgan fingerprint density at radius 3 is 3.07 bits per heavy atom. The molecule has 74 valence electrons. The van der Waals surface area contributed by atoms with Crippen LogP contribution >= 0.6 is 0 Å². The van der Waals surface area contributed by atoms with Crippen molar-refractivity contribution in [1.29, 1.82) is 0 Å². The summed E-state index contributed by atoms with van der Waals surface area (Å²) in [4.78, 5) is 10.8. The normalized spacial score (nSPS) is 13.8. The van der Waals surface area contributed by atoms with Crippen LogP contribution in [0.2, 0.25) is 0 Å². The average molecular weight is 190 g/mol. The smallest absolute Gasteiger partial charge is 0.167 e. The number of carbonyl (C=O) groups excluding carboxylic acids is 1. The average Bonchev–Trinajstić information content (AvgIpc) is 2.62. The van der Waals surface area contributed by atoms with E-state index in [1.165, 1.54) is 17.5 Å². The summed E-state index contributed by atoms with van der Waals surface area (Å²) in [5.41, 5.74) is 2.68. The quantitative estimate of drug-likeness (QED) is 0.730. The van der Waals surface area contributed by atoms with Gasteiger partial charge < -0.3 is 4.74 Å². The molecule has 0 unspecified atom stereocenters. The van der Waals surface area contributed by atoms with Crippen LogP contribution in [0.25, 0.3) is 0 Å². The molecule has 0 heterocycles. The highest BCUT2D eigenvalue weighted by atomic mass is 16.5. The topological polar surface area (TPSA) is 26.3 Å². The number of Topliss-reactive ketones (excluding diaryl/α,β-unsaturated/α-hetero) is 1. The van der Waals surface area contributed by atoms with E-state index in [9.17, 15) is 4.79 Å². The molecule has 1 aliphatic rings. The highest BCUT2D eigenvalue weighted by molar-refractivity contribution is 5.77. The van der Waals surface area contributed by atoms with Gasteiger partial charge in [-0.25, -0.2) is 0 Å². The summed E-state index contributed by atoms with van der Waals surface area (Å²) in [6.45, 7) is 1.74. The lowest BCUT2D eigenvalue weighted by molar-refractivity contribution is -0.118. The number of ketones is 1. The number of ether oxygens (including phenoxy) is 1. The van der Waals surface area contributed by atoms with Gasteiger partial charge in [0.15, 0.2) is 5.78 Å². The van der Waals surface area contributed by atoms with Crippen LogP contribution in [0.1, 0.15) is 24.5 Å². The zero-order valence-corrected chi connectivity index (χ0v) is 8.38. The van der Waals surface area contributed by atoms with Gasteiger partial charge in [-0.1, -0.05) is 12.1 Å². The third-order valence-electron chi connectivity index (χ3n) is 2.53. The van der Waals surface area contributed by atoms with Crippen LogP contribution in [0.3, 0.4) is 0 Å². The van der Waals surface area contributed by atoms with Gasteiger partial charge in [0.2, 0.25) is 0 Å². The van der Waals surface area contributed by atoms with Crippen LogP contribution in [-0.4, -0.2) is 12.4 Å². The number of hydrogen-bond acceptors (Lipinski definition) is 2. The SMILES string of the molecule is CC(=O)COc1cccc2c1CCC2. The Morgan fingerprint density at radius 1 is 1.43 bits per heavy atom. The molecule has 2 heteroatoms. The molecule has 2 nitrogen and oxygen atoms in total. The third kappa shape index (κ3) is 1.79. The fourth-order valence-corrected chi connectivity index (χ4v) is 1.90. The highest BCUT2D eigenvalue weighted by Gasteiger charge is 2.15. The van der Waals surface area contributed by atoms with Crippen LogP contribution in [-0.2, 0) is 17.6 Å². The highest BCUT2D eigenvalue weighted by Crippen LogP contribution is 2.30. The first-order valence-electron chi connectivity index (χ1n) is 5.00. The Kier molecular flexibility index (Phi) is 2.53. The summed E-state index contributed by atoms with van der Waals surface area (Å²) in [6, 6.07) is 6.09. The van der Waals surface area contributed by atoms with E-state index < -0.39 is 0 Å². The first kappa shape index (κ1) is 9.25. The van der Waals surface area contributed by atoms with Gasteiger partial charge in [-0.15, -0.1) is 0 Å². The minimum atomic E-state index is 0.0700. The van der Waals surface area contributed by atoms with Gasteiger partial charge in [-0.2, -0.15) is 0 Å². The Balaban J connectivity index is 2.17. The van der Waals surface area contributed by atoms with Crippen molar-refractivity contribution >= 4 is 5.78 Å². The summed E-state index contributed by atoms with van der Waals surface area (Å²) in [6.07, 6.45) is 3.44. The number of fused-ring (bicyclic) bond motifs is 1. The van der Waals surface area contributed by atoms with Crippen molar-refractivity contribution in [1.82, 2.24) is 0 Å².